The summed E-state index contributed by atoms with van der Waals surface area (Å²) in [5, 5.41) is 24.9. The van der Waals surface area contributed by atoms with Gasteiger partial charge in [0.2, 0.25) is 0 Å². The lowest BCUT2D eigenvalue weighted by molar-refractivity contribution is 0.467. The van der Waals surface area contributed by atoms with Gasteiger partial charge in [0.1, 0.15) is 11.9 Å². The molecule has 1 saturated heterocycles. The van der Waals surface area contributed by atoms with Gasteiger partial charge in [0, 0.05) is 26.2 Å². The van der Waals surface area contributed by atoms with Crippen molar-refractivity contribution in [3.8, 4) is 6.07 Å². The highest BCUT2D eigenvalue weighted by Gasteiger charge is 2.22. The number of para-hydroxylation sites is 1. The predicted octanol–water partition coefficient (Wildman–Crippen LogP) is 2.90. The van der Waals surface area contributed by atoms with Crippen LogP contribution in [0.4, 0.5) is 5.69 Å². The molecule has 33 heavy (non-hydrogen) atoms. The molecule has 0 amide bonds. The first-order chi connectivity index (χ1) is 16.1. The van der Waals surface area contributed by atoms with E-state index in [1.807, 2.05) is 61.0 Å². The van der Waals surface area contributed by atoms with Crippen LogP contribution in [-0.4, -0.2) is 39.9 Å². The Morgan fingerprint density at radius 1 is 1.15 bits per heavy atom. The van der Waals surface area contributed by atoms with E-state index in [4.69, 9.17) is 4.99 Å². The fraction of sp³-hybridized carbons (Fsp3) is 0.360. The Kier molecular flexibility index (Phi) is 7.20. The van der Waals surface area contributed by atoms with Crippen molar-refractivity contribution in [1.29, 1.82) is 5.26 Å². The fourth-order valence-corrected chi connectivity index (χ4v) is 4.03. The molecule has 3 aromatic rings. The van der Waals surface area contributed by atoms with Gasteiger partial charge in [-0.1, -0.05) is 42.5 Å². The second-order valence-electron chi connectivity index (χ2n) is 8.28. The number of nitrogens with zero attached hydrogens (tertiary/aromatic N) is 6. The minimum atomic E-state index is 0.216. The Balaban J connectivity index is 1.47. The molecule has 0 saturated carbocycles. The van der Waals surface area contributed by atoms with Crippen LogP contribution in [-0.2, 0) is 20.1 Å². The summed E-state index contributed by atoms with van der Waals surface area (Å²) >= 11 is 0. The molecule has 0 radical (unpaired) electrons. The number of hydrogen-bond acceptors (Lipinski definition) is 5. The minimum Gasteiger partial charge on any atom is -0.368 e. The maximum Gasteiger partial charge on any atom is 0.192 e. The number of hydrogen-bond donors (Lipinski definition) is 2. The number of benzene rings is 2. The molecule has 0 spiro atoms. The Bertz CT molecular complexity index is 1130. The number of guanidine groups is 1. The van der Waals surface area contributed by atoms with Gasteiger partial charge in [0.05, 0.1) is 24.3 Å². The second kappa shape index (κ2) is 10.6. The SMILES string of the molecule is Cc1nnc(CNC(=NCc2ccccc2)NC2CCCN(c3ccccc3C#N)C2)n1C. The summed E-state index contributed by atoms with van der Waals surface area (Å²) < 4.78 is 1.98. The summed E-state index contributed by atoms with van der Waals surface area (Å²) in [6.07, 6.45) is 2.09. The normalized spacial score (nSPS) is 16.3. The van der Waals surface area contributed by atoms with Crippen molar-refractivity contribution in [1.82, 2.24) is 25.4 Å². The first kappa shape index (κ1) is 22.3. The molecule has 1 atom stereocenters. The molecule has 1 aliphatic heterocycles. The maximum absolute atomic E-state index is 9.51. The number of aryl methyl sites for hydroxylation is 1. The average molecular weight is 443 g/mol. The van der Waals surface area contributed by atoms with E-state index >= 15 is 0 Å². The molecule has 0 bridgehead atoms. The first-order valence-corrected chi connectivity index (χ1v) is 11.3. The average Bonchev–Trinajstić information content (AvgIpc) is 3.18. The Morgan fingerprint density at radius 2 is 1.94 bits per heavy atom. The zero-order chi connectivity index (χ0) is 23.0. The van der Waals surface area contributed by atoms with E-state index in [9.17, 15) is 5.26 Å². The molecule has 170 valence electrons. The van der Waals surface area contributed by atoms with Crippen molar-refractivity contribution in [3.63, 3.8) is 0 Å². The number of rotatable bonds is 6. The van der Waals surface area contributed by atoms with Crippen LogP contribution in [0.1, 0.15) is 35.6 Å². The lowest BCUT2D eigenvalue weighted by Gasteiger charge is -2.35. The smallest absolute Gasteiger partial charge is 0.192 e. The number of nitriles is 1. The van der Waals surface area contributed by atoms with Gasteiger partial charge in [-0.25, -0.2) is 4.99 Å². The topological polar surface area (TPSA) is 94.2 Å². The highest BCUT2D eigenvalue weighted by molar-refractivity contribution is 5.80. The Hall–Kier alpha value is -3.86. The zero-order valence-corrected chi connectivity index (χ0v) is 19.2. The predicted molar refractivity (Wildman–Crippen MR) is 130 cm³/mol. The monoisotopic (exact) mass is 442 g/mol. The van der Waals surface area contributed by atoms with Gasteiger partial charge < -0.3 is 20.1 Å². The van der Waals surface area contributed by atoms with Gasteiger partial charge in [-0.15, -0.1) is 10.2 Å². The Morgan fingerprint density at radius 3 is 2.70 bits per heavy atom. The van der Waals surface area contributed by atoms with Crippen molar-refractivity contribution >= 4 is 11.6 Å². The van der Waals surface area contributed by atoms with Crippen LogP contribution >= 0.6 is 0 Å². The third kappa shape index (κ3) is 5.69. The maximum atomic E-state index is 9.51. The summed E-state index contributed by atoms with van der Waals surface area (Å²) in [5.74, 6) is 2.48. The van der Waals surface area contributed by atoms with Crippen LogP contribution in [0.25, 0.3) is 0 Å². The summed E-state index contributed by atoms with van der Waals surface area (Å²) in [6.45, 7) is 4.81. The lowest BCUT2D eigenvalue weighted by Crippen LogP contribution is -2.51. The molecule has 1 aromatic heterocycles. The summed E-state index contributed by atoms with van der Waals surface area (Å²) in [7, 11) is 1.96. The molecule has 8 heteroatoms. The third-order valence-electron chi connectivity index (χ3n) is 5.99. The molecule has 1 unspecified atom stereocenters. The largest absolute Gasteiger partial charge is 0.368 e. The van der Waals surface area contributed by atoms with E-state index in [1.54, 1.807) is 0 Å². The molecule has 1 aliphatic rings. The van der Waals surface area contributed by atoms with Crippen LogP contribution in [0.5, 0.6) is 0 Å². The number of piperidine rings is 1. The highest BCUT2D eigenvalue weighted by Crippen LogP contribution is 2.23. The van der Waals surface area contributed by atoms with Gasteiger partial charge in [-0.2, -0.15) is 5.26 Å². The molecule has 2 heterocycles. The van der Waals surface area contributed by atoms with E-state index in [0.717, 1.165) is 54.8 Å². The summed E-state index contributed by atoms with van der Waals surface area (Å²) in [6, 6.07) is 20.6. The quantitative estimate of drug-likeness (QED) is 0.450. The summed E-state index contributed by atoms with van der Waals surface area (Å²) in [5.41, 5.74) is 2.87. The van der Waals surface area contributed by atoms with Gasteiger partial charge in [-0.3, -0.25) is 0 Å². The zero-order valence-electron chi connectivity index (χ0n) is 19.2. The standard InChI is InChI=1S/C25H30N8/c1-19-30-31-24(32(19)2)17-28-25(27-16-20-9-4-3-5-10-20)29-22-12-8-14-33(18-22)23-13-7-6-11-21(23)15-26/h3-7,9-11,13,22H,8,12,14,16-18H2,1-2H3,(H2,27,28,29). The van der Waals surface area contributed by atoms with E-state index in [-0.39, 0.29) is 6.04 Å². The van der Waals surface area contributed by atoms with Crippen LogP contribution in [0.2, 0.25) is 0 Å². The van der Waals surface area contributed by atoms with Gasteiger partial charge in [0.15, 0.2) is 11.8 Å². The van der Waals surface area contributed by atoms with Crippen molar-refractivity contribution < 1.29 is 0 Å². The van der Waals surface area contributed by atoms with Gasteiger partial charge >= 0.3 is 0 Å². The fourth-order valence-electron chi connectivity index (χ4n) is 4.03. The molecular formula is C25H30N8. The van der Waals surface area contributed by atoms with Crippen LogP contribution in [0.15, 0.2) is 59.6 Å². The van der Waals surface area contributed by atoms with Gasteiger partial charge in [-0.05, 0) is 37.5 Å². The van der Waals surface area contributed by atoms with Crippen molar-refractivity contribution in [2.75, 3.05) is 18.0 Å². The Labute approximate surface area is 195 Å². The van der Waals surface area contributed by atoms with Gasteiger partial charge in [0.25, 0.3) is 0 Å². The first-order valence-electron chi connectivity index (χ1n) is 11.3. The van der Waals surface area contributed by atoms with Crippen molar-refractivity contribution in [3.05, 3.63) is 77.4 Å². The van der Waals surface area contributed by atoms with Crippen LogP contribution in [0.3, 0.4) is 0 Å². The number of aliphatic imine (C=N–C) groups is 1. The van der Waals surface area contributed by atoms with E-state index < -0.39 is 0 Å². The van der Waals surface area contributed by atoms with E-state index in [0.29, 0.717) is 18.7 Å². The number of nitrogens with one attached hydrogen (secondary N) is 2. The van der Waals surface area contributed by atoms with Crippen LogP contribution in [0, 0.1) is 18.3 Å². The summed E-state index contributed by atoms with van der Waals surface area (Å²) in [4.78, 5) is 7.13. The number of anilines is 1. The lowest BCUT2D eigenvalue weighted by atomic mass is 10.0. The molecule has 2 aromatic carbocycles. The molecule has 1 fully saturated rings. The van der Waals surface area contributed by atoms with E-state index in [1.165, 1.54) is 0 Å². The molecule has 8 nitrogen and oxygen atoms in total. The third-order valence-corrected chi connectivity index (χ3v) is 5.99. The van der Waals surface area contributed by atoms with Crippen molar-refractivity contribution in [2.24, 2.45) is 12.0 Å². The molecule has 4 rings (SSSR count). The highest BCUT2D eigenvalue weighted by atomic mass is 15.3. The van der Waals surface area contributed by atoms with Crippen molar-refractivity contribution in [2.45, 2.75) is 38.9 Å². The van der Waals surface area contributed by atoms with E-state index in [2.05, 4.69) is 43.9 Å². The van der Waals surface area contributed by atoms with Crippen LogP contribution < -0.4 is 15.5 Å². The number of aromatic nitrogens is 3. The molecular weight excluding hydrogens is 412 g/mol. The molecule has 0 aliphatic carbocycles. The second-order valence-corrected chi connectivity index (χ2v) is 8.28. The molecule has 2 N–H and O–H groups in total. The minimum absolute atomic E-state index is 0.216.